The number of unbranched alkanes of at least 4 members (excludes halogenated alkanes) is 1. The molecule has 226 valence electrons. The van der Waals surface area contributed by atoms with Crippen LogP contribution in [0.1, 0.15) is 54.7 Å². The summed E-state index contributed by atoms with van der Waals surface area (Å²) >= 11 is 12.5. The van der Waals surface area contributed by atoms with Crippen molar-refractivity contribution in [2.45, 2.75) is 62.8 Å². The lowest BCUT2D eigenvalue weighted by Crippen LogP contribution is -2.41. The van der Waals surface area contributed by atoms with E-state index in [0.29, 0.717) is 41.2 Å². The van der Waals surface area contributed by atoms with Crippen molar-refractivity contribution in [2.24, 2.45) is 0 Å². The predicted octanol–water partition coefficient (Wildman–Crippen LogP) is 6.43. The molecular formula is C30H38Cl2F4N4O. The van der Waals surface area contributed by atoms with Crippen molar-refractivity contribution in [3.63, 3.8) is 0 Å². The molecule has 2 aliphatic rings. The van der Waals surface area contributed by atoms with E-state index < -0.39 is 17.6 Å². The lowest BCUT2D eigenvalue weighted by Gasteiger charge is -2.29. The lowest BCUT2D eigenvalue weighted by atomic mass is 9.93. The molecule has 2 fully saturated rings. The van der Waals surface area contributed by atoms with E-state index in [9.17, 15) is 22.4 Å². The molecule has 0 bridgehead atoms. The van der Waals surface area contributed by atoms with Gasteiger partial charge in [0.2, 0.25) is 5.91 Å². The van der Waals surface area contributed by atoms with Crippen LogP contribution in [0.2, 0.25) is 10.0 Å². The van der Waals surface area contributed by atoms with Crippen LogP contribution in [0.4, 0.5) is 17.6 Å². The summed E-state index contributed by atoms with van der Waals surface area (Å²) in [4.78, 5) is 19.4. The number of hydrogen-bond acceptors (Lipinski definition) is 4. The second kappa shape index (κ2) is 14.0. The average molecular weight is 618 g/mol. The van der Waals surface area contributed by atoms with E-state index in [0.717, 1.165) is 63.0 Å². The summed E-state index contributed by atoms with van der Waals surface area (Å²) in [6, 6.07) is 8.83. The number of carbonyl (C=O) groups is 1. The van der Waals surface area contributed by atoms with Gasteiger partial charge in [0.05, 0.1) is 15.6 Å². The van der Waals surface area contributed by atoms with Gasteiger partial charge in [0.1, 0.15) is 5.82 Å². The zero-order valence-electron chi connectivity index (χ0n) is 23.5. The number of benzene rings is 2. The van der Waals surface area contributed by atoms with Crippen molar-refractivity contribution in [3.8, 4) is 0 Å². The van der Waals surface area contributed by atoms with E-state index in [4.69, 9.17) is 23.2 Å². The molecule has 0 saturated carbocycles. The van der Waals surface area contributed by atoms with E-state index in [1.165, 1.54) is 6.07 Å². The van der Waals surface area contributed by atoms with Crippen molar-refractivity contribution in [1.82, 2.24) is 20.0 Å². The fourth-order valence-electron chi connectivity index (χ4n) is 5.88. The highest BCUT2D eigenvalue weighted by Gasteiger charge is 2.39. The highest BCUT2D eigenvalue weighted by Crippen LogP contribution is 2.36. The third kappa shape index (κ3) is 8.57. The molecule has 1 N–H and O–H groups in total. The van der Waals surface area contributed by atoms with Gasteiger partial charge < -0.3 is 15.1 Å². The summed E-state index contributed by atoms with van der Waals surface area (Å²) in [6.45, 7) is 4.27. The molecule has 2 atom stereocenters. The molecule has 4 rings (SSSR count). The maximum Gasteiger partial charge on any atom is 0.419 e. The second-order valence-electron chi connectivity index (χ2n) is 11.4. The van der Waals surface area contributed by atoms with Crippen LogP contribution in [0.5, 0.6) is 0 Å². The first-order valence-corrected chi connectivity index (χ1v) is 14.9. The number of halogens is 6. The number of rotatable bonds is 10. The van der Waals surface area contributed by atoms with E-state index in [2.05, 4.69) is 17.3 Å². The van der Waals surface area contributed by atoms with Crippen molar-refractivity contribution in [3.05, 3.63) is 69.0 Å². The Morgan fingerprint density at radius 3 is 2.44 bits per heavy atom. The summed E-state index contributed by atoms with van der Waals surface area (Å²) in [5, 5.41) is 4.46. The number of piperidine rings is 1. The Bertz CT molecular complexity index is 1190. The van der Waals surface area contributed by atoms with Crippen LogP contribution in [-0.4, -0.2) is 79.5 Å². The fourth-order valence-corrected chi connectivity index (χ4v) is 6.18. The Hall–Kier alpha value is -1.91. The van der Waals surface area contributed by atoms with Gasteiger partial charge in [0.25, 0.3) is 0 Å². The van der Waals surface area contributed by atoms with Crippen LogP contribution in [0.15, 0.2) is 36.4 Å². The summed E-state index contributed by atoms with van der Waals surface area (Å²) < 4.78 is 53.3. The van der Waals surface area contributed by atoms with Crippen LogP contribution in [-0.2, 0) is 17.5 Å². The van der Waals surface area contributed by atoms with E-state index in [-0.39, 0.29) is 24.4 Å². The van der Waals surface area contributed by atoms with Gasteiger partial charge in [-0.05, 0) is 94.8 Å². The number of nitrogens with zero attached hydrogens (tertiary/aromatic N) is 3. The van der Waals surface area contributed by atoms with Gasteiger partial charge in [-0.1, -0.05) is 35.3 Å². The first kappa shape index (κ1) is 32.0. The van der Waals surface area contributed by atoms with E-state index in [1.807, 2.05) is 22.9 Å². The number of likely N-dealkylation sites (tertiary alicyclic amines) is 2. The predicted molar refractivity (Wildman–Crippen MR) is 155 cm³/mol. The van der Waals surface area contributed by atoms with Crippen molar-refractivity contribution in [2.75, 3.05) is 46.8 Å². The maximum absolute atomic E-state index is 14.2. The Morgan fingerprint density at radius 2 is 1.78 bits per heavy atom. The topological polar surface area (TPSA) is 38.8 Å². The van der Waals surface area contributed by atoms with Crippen LogP contribution in [0.3, 0.4) is 0 Å². The monoisotopic (exact) mass is 616 g/mol. The SMILES string of the molecule is CN1CCC(NCCCCC(=O)N2CC(N(C)Cc3ccc(C(F)(F)F)c(F)c3)[C@@H](c3ccc(Cl)c(Cl)c3)C2)CC1. The average Bonchev–Trinajstić information content (AvgIpc) is 3.36. The molecule has 11 heteroatoms. The summed E-state index contributed by atoms with van der Waals surface area (Å²) in [6.07, 6.45) is -0.296. The van der Waals surface area contributed by atoms with Gasteiger partial charge in [-0.15, -0.1) is 0 Å². The Morgan fingerprint density at radius 1 is 1.05 bits per heavy atom. The molecule has 2 heterocycles. The maximum atomic E-state index is 14.2. The largest absolute Gasteiger partial charge is 0.419 e. The fraction of sp³-hybridized carbons (Fsp3) is 0.567. The number of alkyl halides is 3. The first-order valence-electron chi connectivity index (χ1n) is 14.1. The smallest absolute Gasteiger partial charge is 0.340 e. The zero-order chi connectivity index (χ0) is 29.7. The molecule has 2 saturated heterocycles. The minimum atomic E-state index is -4.75. The Labute approximate surface area is 249 Å². The number of nitrogens with one attached hydrogen (secondary N) is 1. The lowest BCUT2D eigenvalue weighted by molar-refractivity contribution is -0.140. The summed E-state index contributed by atoms with van der Waals surface area (Å²) in [5.74, 6) is -1.31. The Kier molecular flexibility index (Phi) is 11.0. The molecule has 2 aliphatic heterocycles. The van der Waals surface area contributed by atoms with Gasteiger partial charge in [0, 0.05) is 44.1 Å². The second-order valence-corrected chi connectivity index (χ2v) is 12.2. The standard InChI is InChI=1S/C30H38Cl2F4N4O/c1-38-13-10-22(11-14-38)37-12-4-3-5-29(41)40-18-23(21-7-9-25(31)26(32)16-21)28(19-40)39(2)17-20-6-8-24(27(33)15-20)30(34,35)36/h6-9,15-16,22-23,28,37H,3-5,10-14,17-19H2,1-2H3/t23-,28?/m1/s1. The van der Waals surface area contributed by atoms with Gasteiger partial charge in [-0.3, -0.25) is 9.69 Å². The molecule has 1 unspecified atom stereocenters. The highest BCUT2D eigenvalue weighted by atomic mass is 35.5. The molecular weight excluding hydrogens is 579 g/mol. The number of amides is 1. The zero-order valence-corrected chi connectivity index (χ0v) is 25.0. The normalized spacial score (nSPS) is 20.8. The molecule has 0 aliphatic carbocycles. The Balaban J connectivity index is 1.38. The summed E-state index contributed by atoms with van der Waals surface area (Å²) in [5.41, 5.74) is 0.0667. The van der Waals surface area contributed by atoms with Gasteiger partial charge in [-0.25, -0.2) is 4.39 Å². The molecule has 0 radical (unpaired) electrons. The minimum absolute atomic E-state index is 0.0748. The van der Waals surface area contributed by atoms with Crippen LogP contribution >= 0.6 is 23.2 Å². The van der Waals surface area contributed by atoms with Gasteiger partial charge in [0.15, 0.2) is 0 Å². The third-order valence-corrected chi connectivity index (χ3v) is 9.06. The molecule has 0 aromatic heterocycles. The number of carbonyl (C=O) groups excluding carboxylic acids is 1. The minimum Gasteiger partial charge on any atom is -0.340 e. The van der Waals surface area contributed by atoms with Gasteiger partial charge in [-0.2, -0.15) is 13.2 Å². The van der Waals surface area contributed by atoms with Crippen LogP contribution < -0.4 is 5.32 Å². The van der Waals surface area contributed by atoms with Crippen molar-refractivity contribution >= 4 is 29.1 Å². The molecule has 2 aromatic rings. The molecule has 0 spiro atoms. The molecule has 2 aromatic carbocycles. The molecule has 1 amide bonds. The summed E-state index contributed by atoms with van der Waals surface area (Å²) in [7, 11) is 3.98. The molecule has 41 heavy (non-hydrogen) atoms. The van der Waals surface area contributed by atoms with E-state index >= 15 is 0 Å². The first-order chi connectivity index (χ1) is 19.4. The third-order valence-electron chi connectivity index (χ3n) is 8.32. The van der Waals surface area contributed by atoms with Crippen molar-refractivity contribution < 1.29 is 22.4 Å². The molecule has 5 nitrogen and oxygen atoms in total. The highest BCUT2D eigenvalue weighted by molar-refractivity contribution is 6.42. The van der Waals surface area contributed by atoms with Gasteiger partial charge >= 0.3 is 6.18 Å². The quantitative estimate of drug-likeness (QED) is 0.247. The van der Waals surface area contributed by atoms with Crippen molar-refractivity contribution in [1.29, 1.82) is 0 Å². The number of hydrogen-bond donors (Lipinski definition) is 1. The van der Waals surface area contributed by atoms with Crippen LogP contribution in [0, 0.1) is 5.82 Å². The number of likely N-dealkylation sites (N-methyl/N-ethyl adjacent to an activating group) is 1. The van der Waals surface area contributed by atoms with Crippen LogP contribution in [0.25, 0.3) is 0 Å². The van der Waals surface area contributed by atoms with E-state index in [1.54, 1.807) is 12.1 Å².